The number of carboxylic acids is 1. The maximum atomic E-state index is 10.8. The molecule has 0 aromatic heterocycles. The predicted octanol–water partition coefficient (Wildman–Crippen LogP) is 1.98. The number of ether oxygens (including phenoxy) is 1. The third-order valence-corrected chi connectivity index (χ3v) is 2.25. The minimum absolute atomic E-state index is 0.469. The van der Waals surface area contributed by atoms with Gasteiger partial charge in [0.25, 0.3) is 0 Å². The van der Waals surface area contributed by atoms with Crippen molar-refractivity contribution in [3.63, 3.8) is 0 Å². The molecule has 0 unspecified atom stereocenters. The van der Waals surface area contributed by atoms with Crippen LogP contribution in [0, 0.1) is 0 Å². The molecule has 0 aliphatic carbocycles. The Bertz CT molecular complexity index is 365. The molecule has 1 aromatic rings. The highest BCUT2D eigenvalue weighted by molar-refractivity contribution is 5.76. The Hall–Kier alpha value is -1.55. The van der Waals surface area contributed by atoms with Crippen molar-refractivity contribution >= 4 is 5.97 Å². The van der Waals surface area contributed by atoms with Crippen LogP contribution in [0.4, 0.5) is 0 Å². The van der Waals surface area contributed by atoms with Crippen LogP contribution >= 0.6 is 0 Å². The van der Waals surface area contributed by atoms with Crippen LogP contribution in [0.5, 0.6) is 5.75 Å². The van der Waals surface area contributed by atoms with Crippen molar-refractivity contribution in [3.8, 4) is 5.75 Å². The predicted molar refractivity (Wildman–Crippen MR) is 59.4 cm³/mol. The van der Waals surface area contributed by atoms with Gasteiger partial charge >= 0.3 is 5.97 Å². The third kappa shape index (κ3) is 2.97. The fraction of sp³-hybridized carbons (Fsp3) is 0.417. The summed E-state index contributed by atoms with van der Waals surface area (Å²) in [5.41, 5.74) is -0.493. The van der Waals surface area contributed by atoms with Crippen molar-refractivity contribution < 1.29 is 19.7 Å². The van der Waals surface area contributed by atoms with Gasteiger partial charge in [0.15, 0.2) is 5.60 Å². The Kier molecular flexibility index (Phi) is 3.55. The molecule has 0 amide bonds. The maximum Gasteiger partial charge on any atom is 0.347 e. The average molecular weight is 224 g/mol. The SMILES string of the molecule is C[C@H](O)c1ccc(OC(C)(C)C(=O)O)cc1. The van der Waals surface area contributed by atoms with Gasteiger partial charge in [-0.3, -0.25) is 0 Å². The van der Waals surface area contributed by atoms with E-state index in [4.69, 9.17) is 9.84 Å². The van der Waals surface area contributed by atoms with E-state index in [0.717, 1.165) is 5.56 Å². The summed E-state index contributed by atoms with van der Waals surface area (Å²) in [5.74, 6) is -0.552. The van der Waals surface area contributed by atoms with Gasteiger partial charge in [0.1, 0.15) is 5.75 Å². The van der Waals surface area contributed by atoms with Gasteiger partial charge in [-0.15, -0.1) is 0 Å². The van der Waals surface area contributed by atoms with Gasteiger partial charge < -0.3 is 14.9 Å². The van der Waals surface area contributed by atoms with E-state index in [9.17, 15) is 9.90 Å². The Balaban J connectivity index is 2.80. The molecule has 4 nitrogen and oxygen atoms in total. The number of aliphatic hydroxyl groups excluding tert-OH is 1. The fourth-order valence-electron chi connectivity index (χ4n) is 1.15. The lowest BCUT2D eigenvalue weighted by Crippen LogP contribution is -2.37. The zero-order valence-electron chi connectivity index (χ0n) is 9.60. The van der Waals surface area contributed by atoms with E-state index in [0.29, 0.717) is 5.75 Å². The van der Waals surface area contributed by atoms with E-state index >= 15 is 0 Å². The number of hydrogen-bond acceptors (Lipinski definition) is 3. The summed E-state index contributed by atoms with van der Waals surface area (Å²) >= 11 is 0. The quantitative estimate of drug-likeness (QED) is 0.820. The Morgan fingerprint density at radius 1 is 1.31 bits per heavy atom. The maximum absolute atomic E-state index is 10.8. The molecular formula is C12H16O4. The Morgan fingerprint density at radius 2 is 1.81 bits per heavy atom. The highest BCUT2D eigenvalue weighted by Crippen LogP contribution is 2.21. The molecule has 0 aliphatic heterocycles. The van der Waals surface area contributed by atoms with Crippen molar-refractivity contribution in [2.75, 3.05) is 0 Å². The lowest BCUT2D eigenvalue weighted by molar-refractivity contribution is -0.152. The summed E-state index contributed by atoms with van der Waals surface area (Å²) in [5, 5.41) is 18.2. The van der Waals surface area contributed by atoms with E-state index in [-0.39, 0.29) is 0 Å². The van der Waals surface area contributed by atoms with E-state index < -0.39 is 17.7 Å². The molecule has 0 aliphatic rings. The smallest absolute Gasteiger partial charge is 0.347 e. The van der Waals surface area contributed by atoms with Gasteiger partial charge in [-0.05, 0) is 38.5 Å². The standard InChI is InChI=1S/C12H16O4/c1-8(13)9-4-6-10(7-5-9)16-12(2,3)11(14)15/h4-8,13H,1-3H3,(H,14,15)/t8-/m0/s1. The Labute approximate surface area is 94.5 Å². The van der Waals surface area contributed by atoms with Gasteiger partial charge in [-0.1, -0.05) is 12.1 Å². The zero-order chi connectivity index (χ0) is 12.3. The summed E-state index contributed by atoms with van der Waals surface area (Å²) < 4.78 is 5.32. The highest BCUT2D eigenvalue weighted by atomic mass is 16.5. The van der Waals surface area contributed by atoms with Gasteiger partial charge in [-0.25, -0.2) is 4.79 Å². The lowest BCUT2D eigenvalue weighted by Gasteiger charge is -2.21. The average Bonchev–Trinajstić information content (AvgIpc) is 2.17. The summed E-state index contributed by atoms with van der Waals surface area (Å²) in [6.07, 6.45) is -0.540. The van der Waals surface area contributed by atoms with Crippen molar-refractivity contribution in [2.45, 2.75) is 32.5 Å². The van der Waals surface area contributed by atoms with E-state index in [1.54, 1.807) is 31.2 Å². The first-order chi connectivity index (χ1) is 7.33. The molecular weight excluding hydrogens is 208 g/mol. The van der Waals surface area contributed by atoms with Crippen LogP contribution in [0.15, 0.2) is 24.3 Å². The van der Waals surface area contributed by atoms with Gasteiger partial charge in [0.2, 0.25) is 0 Å². The van der Waals surface area contributed by atoms with Gasteiger partial charge in [0, 0.05) is 0 Å². The first-order valence-corrected chi connectivity index (χ1v) is 5.03. The van der Waals surface area contributed by atoms with E-state index in [2.05, 4.69) is 0 Å². The van der Waals surface area contributed by atoms with E-state index in [1.165, 1.54) is 13.8 Å². The minimum Gasteiger partial charge on any atom is -0.478 e. The fourth-order valence-corrected chi connectivity index (χ4v) is 1.15. The molecule has 0 heterocycles. The molecule has 1 rings (SSSR count). The molecule has 16 heavy (non-hydrogen) atoms. The molecule has 0 spiro atoms. The van der Waals surface area contributed by atoms with Gasteiger partial charge in [0.05, 0.1) is 6.10 Å². The van der Waals surface area contributed by atoms with Crippen molar-refractivity contribution in [2.24, 2.45) is 0 Å². The van der Waals surface area contributed by atoms with Crippen LogP contribution in [-0.4, -0.2) is 21.8 Å². The van der Waals surface area contributed by atoms with Crippen molar-refractivity contribution in [1.29, 1.82) is 0 Å². The van der Waals surface area contributed by atoms with E-state index in [1.807, 2.05) is 0 Å². The summed E-state index contributed by atoms with van der Waals surface area (Å²) in [6.45, 7) is 4.63. The van der Waals surface area contributed by atoms with Crippen LogP contribution in [0.25, 0.3) is 0 Å². The molecule has 0 fully saturated rings. The molecule has 0 saturated heterocycles. The molecule has 1 aromatic carbocycles. The van der Waals surface area contributed by atoms with Gasteiger partial charge in [-0.2, -0.15) is 0 Å². The minimum atomic E-state index is -1.26. The van der Waals surface area contributed by atoms with Crippen LogP contribution in [0.1, 0.15) is 32.4 Å². The number of carboxylic acid groups (broad SMARTS) is 1. The highest BCUT2D eigenvalue weighted by Gasteiger charge is 2.29. The summed E-state index contributed by atoms with van der Waals surface area (Å²) in [7, 11) is 0. The zero-order valence-corrected chi connectivity index (χ0v) is 9.60. The molecule has 88 valence electrons. The Morgan fingerprint density at radius 3 is 2.19 bits per heavy atom. The van der Waals surface area contributed by atoms with Crippen molar-refractivity contribution in [1.82, 2.24) is 0 Å². The lowest BCUT2D eigenvalue weighted by atomic mass is 10.1. The number of aliphatic hydroxyl groups is 1. The normalized spacial score (nSPS) is 13.2. The molecule has 0 bridgehead atoms. The number of rotatable bonds is 4. The summed E-state index contributed by atoms with van der Waals surface area (Å²) in [4.78, 5) is 10.8. The number of aliphatic carboxylic acids is 1. The second kappa shape index (κ2) is 4.53. The number of benzene rings is 1. The monoisotopic (exact) mass is 224 g/mol. The first-order valence-electron chi connectivity index (χ1n) is 5.03. The van der Waals surface area contributed by atoms with Crippen molar-refractivity contribution in [3.05, 3.63) is 29.8 Å². The second-order valence-electron chi connectivity index (χ2n) is 4.16. The molecule has 4 heteroatoms. The second-order valence-corrected chi connectivity index (χ2v) is 4.16. The topological polar surface area (TPSA) is 66.8 Å². The summed E-state index contributed by atoms with van der Waals surface area (Å²) in [6, 6.07) is 6.70. The van der Waals surface area contributed by atoms with Crippen LogP contribution in [0.3, 0.4) is 0 Å². The molecule has 2 N–H and O–H groups in total. The van der Waals surface area contributed by atoms with Crippen LogP contribution < -0.4 is 4.74 Å². The van der Waals surface area contributed by atoms with Crippen LogP contribution in [0.2, 0.25) is 0 Å². The largest absolute Gasteiger partial charge is 0.478 e. The first kappa shape index (κ1) is 12.5. The molecule has 0 radical (unpaired) electrons. The van der Waals surface area contributed by atoms with Crippen LogP contribution in [-0.2, 0) is 4.79 Å². The molecule has 1 atom stereocenters. The number of hydrogen-bond donors (Lipinski definition) is 2. The molecule has 0 saturated carbocycles. The third-order valence-electron chi connectivity index (χ3n) is 2.25. The number of carbonyl (C=O) groups is 1.